The van der Waals surface area contributed by atoms with Gasteiger partial charge in [-0.2, -0.15) is 0 Å². The van der Waals surface area contributed by atoms with Crippen LogP contribution in [0, 0.1) is 5.92 Å². The zero-order valence-electron chi connectivity index (χ0n) is 21.2. The second kappa shape index (κ2) is 12.6. The molecule has 1 amide bonds. The molecule has 0 aromatic heterocycles. The number of carbonyl (C=O) groups is 2. The van der Waals surface area contributed by atoms with Crippen LogP contribution >= 0.6 is 0 Å². The van der Waals surface area contributed by atoms with Crippen molar-refractivity contribution in [1.29, 1.82) is 0 Å². The summed E-state index contributed by atoms with van der Waals surface area (Å²) in [6.07, 6.45) is 0.656. The lowest BCUT2D eigenvalue weighted by atomic mass is 10.0. The minimum Gasteiger partial charge on any atom is -0.493 e. The minimum absolute atomic E-state index is 0.117. The van der Waals surface area contributed by atoms with Gasteiger partial charge in [0.15, 0.2) is 11.5 Å². The highest BCUT2D eigenvalue weighted by Crippen LogP contribution is 2.29. The molecule has 0 radical (unpaired) electrons. The summed E-state index contributed by atoms with van der Waals surface area (Å²) in [5.74, 6) is -0.167. The van der Waals surface area contributed by atoms with Crippen LogP contribution in [-0.4, -0.2) is 43.3 Å². The van der Waals surface area contributed by atoms with E-state index < -0.39 is 18.1 Å². The first kappa shape index (κ1) is 26.6. The zero-order valence-corrected chi connectivity index (χ0v) is 21.2. The SMILES string of the molecule is COc1ccc(C[C@H](Nc2cccc(-c3ccccc3)c2)C(=O)N[C@@H](CC(C)C)C(=O)O)cc1OC. The van der Waals surface area contributed by atoms with Crippen molar-refractivity contribution < 1.29 is 24.2 Å². The molecule has 0 spiro atoms. The fourth-order valence-electron chi connectivity index (χ4n) is 4.04. The number of ether oxygens (including phenoxy) is 2. The number of hydrogen-bond acceptors (Lipinski definition) is 5. The van der Waals surface area contributed by atoms with E-state index in [2.05, 4.69) is 10.6 Å². The molecule has 7 heteroatoms. The fourth-order valence-corrected chi connectivity index (χ4v) is 4.04. The molecular weight excluding hydrogens is 456 g/mol. The van der Waals surface area contributed by atoms with Gasteiger partial charge in [0, 0.05) is 12.1 Å². The Labute approximate surface area is 212 Å². The number of carboxylic acids is 1. The molecule has 2 atom stereocenters. The summed E-state index contributed by atoms with van der Waals surface area (Å²) < 4.78 is 10.7. The molecule has 0 heterocycles. The molecule has 36 heavy (non-hydrogen) atoms. The van der Waals surface area contributed by atoms with E-state index in [9.17, 15) is 14.7 Å². The van der Waals surface area contributed by atoms with Gasteiger partial charge in [0.2, 0.25) is 5.91 Å². The standard InChI is InChI=1S/C29H34N2O5/c1-19(2)15-25(29(33)34)31-28(32)24(16-20-13-14-26(35-3)27(17-20)36-4)30-23-12-8-11-22(18-23)21-9-6-5-7-10-21/h5-14,17-19,24-25,30H,15-16H2,1-4H3,(H,31,32)(H,33,34)/t24-,25-/m0/s1. The van der Waals surface area contributed by atoms with Gasteiger partial charge >= 0.3 is 5.97 Å². The Balaban J connectivity index is 1.90. The van der Waals surface area contributed by atoms with Crippen molar-refractivity contribution in [1.82, 2.24) is 5.32 Å². The Morgan fingerprint density at radius 1 is 0.833 bits per heavy atom. The Morgan fingerprint density at radius 3 is 2.17 bits per heavy atom. The Kier molecular flexibility index (Phi) is 9.33. The van der Waals surface area contributed by atoms with Gasteiger partial charge in [-0.1, -0.05) is 62.4 Å². The summed E-state index contributed by atoms with van der Waals surface area (Å²) in [4.78, 5) is 25.2. The first-order chi connectivity index (χ1) is 17.3. The van der Waals surface area contributed by atoms with Crippen LogP contribution in [-0.2, 0) is 16.0 Å². The molecule has 190 valence electrons. The van der Waals surface area contributed by atoms with Crippen molar-refractivity contribution >= 4 is 17.6 Å². The molecular formula is C29H34N2O5. The summed E-state index contributed by atoms with van der Waals surface area (Å²) in [5.41, 5.74) is 3.67. The number of benzene rings is 3. The van der Waals surface area contributed by atoms with E-state index in [1.54, 1.807) is 20.3 Å². The number of nitrogens with one attached hydrogen (secondary N) is 2. The molecule has 0 bridgehead atoms. The molecule has 3 N–H and O–H groups in total. The van der Waals surface area contributed by atoms with Gasteiger partial charge in [-0.15, -0.1) is 0 Å². The first-order valence-corrected chi connectivity index (χ1v) is 12.0. The van der Waals surface area contributed by atoms with Gasteiger partial charge < -0.3 is 25.2 Å². The maximum atomic E-state index is 13.4. The molecule has 3 aromatic carbocycles. The zero-order chi connectivity index (χ0) is 26.1. The summed E-state index contributed by atoms with van der Waals surface area (Å²) in [7, 11) is 3.12. The Hall–Kier alpha value is -4.00. The van der Waals surface area contributed by atoms with Gasteiger partial charge in [0.25, 0.3) is 0 Å². The van der Waals surface area contributed by atoms with Gasteiger partial charge in [-0.3, -0.25) is 4.79 Å². The number of amides is 1. The van der Waals surface area contributed by atoms with Crippen LogP contribution in [0.2, 0.25) is 0 Å². The number of anilines is 1. The number of carbonyl (C=O) groups excluding carboxylic acids is 1. The predicted octanol–water partition coefficient (Wildman–Crippen LogP) is 5.01. The maximum absolute atomic E-state index is 13.4. The highest BCUT2D eigenvalue weighted by molar-refractivity contribution is 5.89. The summed E-state index contributed by atoms with van der Waals surface area (Å²) in [6, 6.07) is 21.6. The molecule has 0 aliphatic rings. The normalized spacial score (nSPS) is 12.5. The third-order valence-electron chi connectivity index (χ3n) is 5.84. The van der Waals surface area contributed by atoms with Crippen LogP contribution in [0.25, 0.3) is 11.1 Å². The molecule has 7 nitrogen and oxygen atoms in total. The maximum Gasteiger partial charge on any atom is 0.326 e. The lowest BCUT2D eigenvalue weighted by Gasteiger charge is -2.24. The highest BCUT2D eigenvalue weighted by atomic mass is 16.5. The van der Waals surface area contributed by atoms with Crippen LogP contribution in [0.3, 0.4) is 0 Å². The predicted molar refractivity (Wildman–Crippen MR) is 142 cm³/mol. The fraction of sp³-hybridized carbons (Fsp3) is 0.310. The highest BCUT2D eigenvalue weighted by Gasteiger charge is 2.26. The van der Waals surface area contributed by atoms with Gasteiger partial charge in [-0.05, 0) is 53.3 Å². The molecule has 3 rings (SSSR count). The summed E-state index contributed by atoms with van der Waals surface area (Å²) in [6.45, 7) is 3.85. The quantitative estimate of drug-likeness (QED) is 0.330. The van der Waals surface area contributed by atoms with E-state index in [1.807, 2.05) is 80.6 Å². The number of methoxy groups -OCH3 is 2. The van der Waals surface area contributed by atoms with Crippen LogP contribution in [0.4, 0.5) is 5.69 Å². The molecule has 0 fully saturated rings. The number of rotatable bonds is 12. The van der Waals surface area contributed by atoms with Gasteiger partial charge in [-0.25, -0.2) is 4.79 Å². The second-order valence-electron chi connectivity index (χ2n) is 9.07. The lowest BCUT2D eigenvalue weighted by Crippen LogP contribution is -2.49. The van der Waals surface area contributed by atoms with Crippen molar-refractivity contribution in [2.24, 2.45) is 5.92 Å². The number of hydrogen-bond donors (Lipinski definition) is 3. The van der Waals surface area contributed by atoms with Crippen molar-refractivity contribution in [3.63, 3.8) is 0 Å². The molecule has 0 unspecified atom stereocenters. The molecule has 0 saturated carbocycles. The molecule has 0 aliphatic carbocycles. The minimum atomic E-state index is -1.05. The lowest BCUT2D eigenvalue weighted by molar-refractivity contribution is -0.142. The van der Waals surface area contributed by atoms with Crippen LogP contribution in [0.1, 0.15) is 25.8 Å². The number of aliphatic carboxylic acids is 1. The van der Waals surface area contributed by atoms with Crippen molar-refractivity contribution in [3.05, 3.63) is 78.4 Å². The Morgan fingerprint density at radius 2 is 1.53 bits per heavy atom. The summed E-state index contributed by atoms with van der Waals surface area (Å²) >= 11 is 0. The van der Waals surface area contributed by atoms with E-state index in [-0.39, 0.29) is 11.8 Å². The Bertz CT molecular complexity index is 1160. The van der Waals surface area contributed by atoms with E-state index in [4.69, 9.17) is 9.47 Å². The van der Waals surface area contributed by atoms with Gasteiger partial charge in [0.1, 0.15) is 12.1 Å². The second-order valence-corrected chi connectivity index (χ2v) is 9.07. The van der Waals surface area contributed by atoms with Crippen LogP contribution in [0.15, 0.2) is 72.8 Å². The summed E-state index contributed by atoms with van der Waals surface area (Å²) in [5, 5.41) is 15.7. The molecule has 3 aromatic rings. The average Bonchev–Trinajstić information content (AvgIpc) is 2.88. The third-order valence-corrected chi connectivity index (χ3v) is 5.84. The smallest absolute Gasteiger partial charge is 0.326 e. The first-order valence-electron chi connectivity index (χ1n) is 12.0. The van der Waals surface area contributed by atoms with Crippen LogP contribution < -0.4 is 20.1 Å². The largest absolute Gasteiger partial charge is 0.493 e. The van der Waals surface area contributed by atoms with Gasteiger partial charge in [0.05, 0.1) is 14.2 Å². The van der Waals surface area contributed by atoms with Crippen LogP contribution in [0.5, 0.6) is 11.5 Å². The van der Waals surface area contributed by atoms with Crippen molar-refractivity contribution in [2.75, 3.05) is 19.5 Å². The van der Waals surface area contributed by atoms with E-state index in [0.717, 1.165) is 22.4 Å². The van der Waals surface area contributed by atoms with Crippen molar-refractivity contribution in [3.8, 4) is 22.6 Å². The number of carboxylic acid groups (broad SMARTS) is 1. The van der Waals surface area contributed by atoms with E-state index >= 15 is 0 Å². The monoisotopic (exact) mass is 490 g/mol. The van der Waals surface area contributed by atoms with Crippen molar-refractivity contribution in [2.45, 2.75) is 38.8 Å². The average molecular weight is 491 g/mol. The van der Waals surface area contributed by atoms with E-state index in [0.29, 0.717) is 24.3 Å². The molecule has 0 saturated heterocycles. The topological polar surface area (TPSA) is 96.9 Å². The third kappa shape index (κ3) is 7.25. The molecule has 0 aliphatic heterocycles. The van der Waals surface area contributed by atoms with E-state index in [1.165, 1.54) is 0 Å².